The molecule has 0 aromatic heterocycles. The molecule has 0 unspecified atom stereocenters. The molecule has 0 heterocycles. The third kappa shape index (κ3) is 5.05. The van der Waals surface area contributed by atoms with Crippen molar-refractivity contribution in [2.45, 2.75) is 63.8 Å². The lowest BCUT2D eigenvalue weighted by molar-refractivity contribution is -0.109. The first-order chi connectivity index (χ1) is 9.10. The van der Waals surface area contributed by atoms with E-state index < -0.39 is 18.3 Å². The molecule has 0 aliphatic heterocycles. The van der Waals surface area contributed by atoms with Crippen molar-refractivity contribution in [1.82, 2.24) is 0 Å². The molecule has 3 N–H and O–H groups in total. The van der Waals surface area contributed by atoms with E-state index in [1.54, 1.807) is 12.2 Å². The van der Waals surface area contributed by atoms with E-state index in [4.69, 9.17) is 0 Å². The van der Waals surface area contributed by atoms with E-state index in [2.05, 4.69) is 6.92 Å². The predicted molar refractivity (Wildman–Crippen MR) is 73.6 cm³/mol. The lowest BCUT2D eigenvalue weighted by Gasteiger charge is -2.18. The van der Waals surface area contributed by atoms with Crippen molar-refractivity contribution >= 4 is 6.29 Å². The maximum atomic E-state index is 10.6. The second kappa shape index (κ2) is 8.46. The summed E-state index contributed by atoms with van der Waals surface area (Å²) in [5, 5.41) is 29.5. The molecule has 0 aromatic rings. The highest BCUT2D eigenvalue weighted by atomic mass is 16.3. The van der Waals surface area contributed by atoms with E-state index in [1.807, 2.05) is 0 Å². The summed E-state index contributed by atoms with van der Waals surface area (Å²) in [6.45, 7) is 2.11. The van der Waals surface area contributed by atoms with E-state index in [1.165, 1.54) is 0 Å². The largest absolute Gasteiger partial charge is 0.393 e. The molecule has 4 heteroatoms. The van der Waals surface area contributed by atoms with Crippen molar-refractivity contribution < 1.29 is 20.1 Å². The monoisotopic (exact) mass is 270 g/mol. The Labute approximate surface area is 115 Å². The van der Waals surface area contributed by atoms with Crippen LogP contribution < -0.4 is 0 Å². The van der Waals surface area contributed by atoms with Gasteiger partial charge in [-0.1, -0.05) is 38.3 Å². The van der Waals surface area contributed by atoms with Gasteiger partial charge < -0.3 is 20.1 Å². The predicted octanol–water partition coefficient (Wildman–Crippen LogP) is 1.43. The SMILES string of the molecule is CCCCC[C@@H](O)C=C[C@H]1[C@H](CC=O)[C@H](O)C[C@@H]1O. The number of rotatable bonds is 8. The van der Waals surface area contributed by atoms with E-state index in [0.717, 1.165) is 25.5 Å². The Morgan fingerprint density at radius 3 is 2.63 bits per heavy atom. The third-order valence-corrected chi connectivity index (χ3v) is 3.94. The number of carbonyl (C=O) groups is 1. The number of aldehydes is 1. The summed E-state index contributed by atoms with van der Waals surface area (Å²) in [7, 11) is 0. The Kier molecular flexibility index (Phi) is 7.28. The van der Waals surface area contributed by atoms with E-state index in [-0.39, 0.29) is 18.3 Å². The van der Waals surface area contributed by atoms with Crippen molar-refractivity contribution in [2.24, 2.45) is 11.8 Å². The van der Waals surface area contributed by atoms with Gasteiger partial charge in [-0.15, -0.1) is 0 Å². The van der Waals surface area contributed by atoms with Crippen LogP contribution in [0.25, 0.3) is 0 Å². The molecule has 110 valence electrons. The molecule has 0 saturated heterocycles. The summed E-state index contributed by atoms with van der Waals surface area (Å²) in [5.74, 6) is -0.465. The molecule has 4 nitrogen and oxygen atoms in total. The summed E-state index contributed by atoms with van der Waals surface area (Å²) in [6.07, 6.45) is 6.95. The van der Waals surface area contributed by atoms with Crippen LogP contribution in [-0.4, -0.2) is 39.9 Å². The summed E-state index contributed by atoms with van der Waals surface area (Å²) < 4.78 is 0. The zero-order chi connectivity index (χ0) is 14.3. The van der Waals surface area contributed by atoms with Crippen LogP contribution in [-0.2, 0) is 4.79 Å². The van der Waals surface area contributed by atoms with Gasteiger partial charge >= 0.3 is 0 Å². The Morgan fingerprint density at radius 1 is 1.26 bits per heavy atom. The molecular weight excluding hydrogens is 244 g/mol. The summed E-state index contributed by atoms with van der Waals surface area (Å²) in [5.41, 5.74) is 0. The minimum absolute atomic E-state index is 0.230. The molecule has 1 saturated carbocycles. The standard InChI is InChI=1S/C15H26O4/c1-2-3-4-5-11(17)6-7-12-13(8-9-16)15(19)10-14(12)18/h6-7,9,11-15,17-19H,2-5,8,10H2,1H3/t11-,12+,13+,14+,15-/m1/s1. The van der Waals surface area contributed by atoms with Crippen molar-refractivity contribution in [2.75, 3.05) is 0 Å². The number of unbranched alkanes of at least 4 members (excludes halogenated alkanes) is 2. The van der Waals surface area contributed by atoms with Gasteiger partial charge in [0.2, 0.25) is 0 Å². The molecule has 1 aliphatic rings. The van der Waals surface area contributed by atoms with Crippen LogP contribution in [0.1, 0.15) is 45.4 Å². The van der Waals surface area contributed by atoms with Crippen molar-refractivity contribution in [3.63, 3.8) is 0 Å². The fraction of sp³-hybridized carbons (Fsp3) is 0.800. The normalized spacial score (nSPS) is 32.8. The van der Waals surface area contributed by atoms with Crippen LogP contribution in [0.4, 0.5) is 0 Å². The minimum Gasteiger partial charge on any atom is -0.393 e. The molecule has 19 heavy (non-hydrogen) atoms. The van der Waals surface area contributed by atoms with E-state index in [9.17, 15) is 20.1 Å². The van der Waals surface area contributed by atoms with Crippen LogP contribution >= 0.6 is 0 Å². The van der Waals surface area contributed by atoms with Gasteiger partial charge in [-0.05, 0) is 6.42 Å². The number of hydrogen-bond acceptors (Lipinski definition) is 4. The first kappa shape index (κ1) is 16.3. The molecule has 1 rings (SSSR count). The molecule has 1 fully saturated rings. The van der Waals surface area contributed by atoms with Gasteiger partial charge in [0.05, 0.1) is 18.3 Å². The number of carbonyl (C=O) groups excluding carboxylic acids is 1. The van der Waals surface area contributed by atoms with Crippen molar-refractivity contribution in [1.29, 1.82) is 0 Å². The van der Waals surface area contributed by atoms with Gasteiger partial charge in [-0.2, -0.15) is 0 Å². The molecule has 0 aromatic carbocycles. The maximum absolute atomic E-state index is 10.6. The molecule has 0 spiro atoms. The fourth-order valence-corrected chi connectivity index (χ4v) is 2.77. The van der Waals surface area contributed by atoms with Crippen LogP contribution in [0.3, 0.4) is 0 Å². The smallest absolute Gasteiger partial charge is 0.120 e. The fourth-order valence-electron chi connectivity index (χ4n) is 2.77. The Bertz CT molecular complexity index is 290. The summed E-state index contributed by atoms with van der Waals surface area (Å²) in [4.78, 5) is 10.6. The van der Waals surface area contributed by atoms with Gasteiger partial charge in [0, 0.05) is 24.7 Å². The van der Waals surface area contributed by atoms with Crippen LogP contribution in [0.15, 0.2) is 12.2 Å². The topological polar surface area (TPSA) is 77.8 Å². The van der Waals surface area contributed by atoms with E-state index >= 15 is 0 Å². The molecule has 5 atom stereocenters. The average Bonchev–Trinajstić information content (AvgIpc) is 2.63. The van der Waals surface area contributed by atoms with Crippen LogP contribution in [0.2, 0.25) is 0 Å². The number of aliphatic hydroxyl groups is 3. The molecule has 1 aliphatic carbocycles. The first-order valence-corrected chi connectivity index (χ1v) is 7.26. The van der Waals surface area contributed by atoms with Crippen LogP contribution in [0.5, 0.6) is 0 Å². The maximum Gasteiger partial charge on any atom is 0.120 e. The molecule has 0 amide bonds. The second-order valence-corrected chi connectivity index (χ2v) is 5.46. The second-order valence-electron chi connectivity index (χ2n) is 5.46. The average molecular weight is 270 g/mol. The summed E-state index contributed by atoms with van der Waals surface area (Å²) in [6, 6.07) is 0. The van der Waals surface area contributed by atoms with E-state index in [0.29, 0.717) is 12.8 Å². The highest BCUT2D eigenvalue weighted by Crippen LogP contribution is 2.35. The quantitative estimate of drug-likeness (QED) is 0.354. The Hall–Kier alpha value is -0.710. The third-order valence-electron chi connectivity index (χ3n) is 3.94. The zero-order valence-electron chi connectivity index (χ0n) is 11.6. The minimum atomic E-state index is -0.632. The van der Waals surface area contributed by atoms with Crippen molar-refractivity contribution in [3.05, 3.63) is 12.2 Å². The van der Waals surface area contributed by atoms with Gasteiger partial charge in [0.25, 0.3) is 0 Å². The molecular formula is C15H26O4. The highest BCUT2D eigenvalue weighted by molar-refractivity contribution is 5.50. The lowest BCUT2D eigenvalue weighted by Crippen LogP contribution is -2.21. The van der Waals surface area contributed by atoms with Gasteiger partial charge in [-0.25, -0.2) is 0 Å². The van der Waals surface area contributed by atoms with Gasteiger partial charge in [0.1, 0.15) is 6.29 Å². The van der Waals surface area contributed by atoms with Crippen molar-refractivity contribution in [3.8, 4) is 0 Å². The van der Waals surface area contributed by atoms with Gasteiger partial charge in [0.15, 0.2) is 0 Å². The zero-order valence-corrected chi connectivity index (χ0v) is 11.6. The first-order valence-electron chi connectivity index (χ1n) is 7.26. The summed E-state index contributed by atoms with van der Waals surface area (Å²) >= 11 is 0. The molecule has 0 bridgehead atoms. The number of hydrogen-bond donors (Lipinski definition) is 3. The highest BCUT2D eigenvalue weighted by Gasteiger charge is 2.39. The number of aliphatic hydroxyl groups excluding tert-OH is 3. The van der Waals surface area contributed by atoms with Crippen LogP contribution in [0, 0.1) is 11.8 Å². The Balaban J connectivity index is 2.50. The van der Waals surface area contributed by atoms with Gasteiger partial charge in [-0.3, -0.25) is 0 Å². The Morgan fingerprint density at radius 2 is 2.00 bits per heavy atom. The lowest BCUT2D eigenvalue weighted by atomic mass is 9.90. The molecule has 0 radical (unpaired) electrons.